The number of benzene rings is 1. The number of carbonyl (C=O) groups is 4. The molecule has 0 radical (unpaired) electrons. The molecule has 0 fully saturated rings. The number of nitrogens with two attached hydrogens (primary N) is 1. The van der Waals surface area contributed by atoms with Gasteiger partial charge >= 0.3 is 24.1 Å². The van der Waals surface area contributed by atoms with Crippen LogP contribution in [-0.4, -0.2) is 48.4 Å². The highest BCUT2D eigenvalue weighted by Gasteiger charge is 2.26. The van der Waals surface area contributed by atoms with Crippen LogP contribution in [0.3, 0.4) is 0 Å². The lowest BCUT2D eigenvalue weighted by atomic mass is 10.1. The molecular formula is C28H43NO9. The van der Waals surface area contributed by atoms with E-state index in [1.165, 1.54) is 12.1 Å². The quantitative estimate of drug-likeness (QED) is 0.226. The third-order valence-corrected chi connectivity index (χ3v) is 5.80. The Morgan fingerprint density at radius 3 is 1.89 bits per heavy atom. The van der Waals surface area contributed by atoms with Crippen molar-refractivity contribution in [1.82, 2.24) is 0 Å². The van der Waals surface area contributed by atoms with Crippen LogP contribution < -0.4 is 15.2 Å². The third kappa shape index (κ3) is 12.4. The van der Waals surface area contributed by atoms with E-state index in [-0.39, 0.29) is 36.9 Å². The summed E-state index contributed by atoms with van der Waals surface area (Å²) in [5.74, 6) is -1.36. The molecule has 0 heterocycles. The number of carbonyl (C=O) groups excluding carboxylic acids is 4. The molecule has 1 rings (SSSR count). The minimum absolute atomic E-state index is 0.0699. The van der Waals surface area contributed by atoms with Crippen molar-refractivity contribution in [3.8, 4) is 11.5 Å². The van der Waals surface area contributed by atoms with Crippen molar-refractivity contribution in [1.29, 1.82) is 0 Å². The number of ether oxygens (including phenoxy) is 5. The fourth-order valence-corrected chi connectivity index (χ4v) is 3.06. The molecule has 10 nitrogen and oxygen atoms in total. The van der Waals surface area contributed by atoms with Crippen molar-refractivity contribution in [2.24, 2.45) is 5.73 Å². The number of rotatable bonds is 16. The lowest BCUT2D eigenvalue weighted by Crippen LogP contribution is -2.39. The summed E-state index contributed by atoms with van der Waals surface area (Å²) in [4.78, 5) is 48.8. The van der Waals surface area contributed by atoms with E-state index in [0.717, 1.165) is 12.8 Å². The van der Waals surface area contributed by atoms with Crippen LogP contribution in [0.15, 0.2) is 18.2 Å². The van der Waals surface area contributed by atoms with E-state index in [0.29, 0.717) is 24.8 Å². The van der Waals surface area contributed by atoms with Crippen molar-refractivity contribution < 1.29 is 42.9 Å². The first-order valence-corrected chi connectivity index (χ1v) is 13.4. The monoisotopic (exact) mass is 537 g/mol. The summed E-state index contributed by atoms with van der Waals surface area (Å²) in [7, 11) is 0. The van der Waals surface area contributed by atoms with E-state index >= 15 is 0 Å². The van der Waals surface area contributed by atoms with Gasteiger partial charge in [-0.15, -0.1) is 0 Å². The molecular weight excluding hydrogens is 494 g/mol. The smallest absolute Gasteiger partial charge is 0.458 e. The molecule has 0 aliphatic rings. The second-order valence-corrected chi connectivity index (χ2v) is 9.30. The molecule has 2 N–H and O–H groups in total. The second-order valence-electron chi connectivity index (χ2n) is 9.30. The Bertz CT molecular complexity index is 918. The normalized spacial score (nSPS) is 14.0. The molecule has 0 saturated heterocycles. The summed E-state index contributed by atoms with van der Waals surface area (Å²) in [6.07, 6.45) is 1.54. The maximum absolute atomic E-state index is 12.6. The number of hydrogen-bond donors (Lipinski definition) is 1. The molecule has 1 aromatic carbocycles. The van der Waals surface area contributed by atoms with Crippen molar-refractivity contribution in [3.05, 3.63) is 23.8 Å². The molecule has 4 atom stereocenters. The van der Waals surface area contributed by atoms with Crippen LogP contribution in [0.2, 0.25) is 0 Å². The van der Waals surface area contributed by atoms with Gasteiger partial charge in [0.2, 0.25) is 0 Å². The van der Waals surface area contributed by atoms with Gasteiger partial charge in [0.05, 0.1) is 0 Å². The van der Waals surface area contributed by atoms with Crippen LogP contribution in [-0.2, 0) is 35.0 Å². The zero-order valence-electron chi connectivity index (χ0n) is 23.4. The Hall–Kier alpha value is -3.14. The standard InChI is InChI=1S/C28H43NO9/c1-7-10-12-25(30)37-23-15-14-21(17-24(23)38-26(31)13-11-8-2)16-22(29)27(32)35-19(5)20(6)36-28(33)34-18(4)9-3/h14-15,17-20,22H,7-13,16,29H2,1-6H3/t18?,19-,20-,22-/m0/s1. The molecule has 214 valence electrons. The van der Waals surface area contributed by atoms with E-state index in [9.17, 15) is 19.2 Å². The van der Waals surface area contributed by atoms with Crippen LogP contribution in [0.5, 0.6) is 11.5 Å². The molecule has 0 saturated carbocycles. The number of hydrogen-bond acceptors (Lipinski definition) is 10. The largest absolute Gasteiger partial charge is 0.508 e. The zero-order chi connectivity index (χ0) is 28.7. The molecule has 0 amide bonds. The van der Waals surface area contributed by atoms with Gasteiger partial charge in [0, 0.05) is 12.8 Å². The minimum Gasteiger partial charge on any atom is -0.458 e. The van der Waals surface area contributed by atoms with Gasteiger partial charge in [-0.1, -0.05) is 39.7 Å². The zero-order valence-corrected chi connectivity index (χ0v) is 23.4. The molecule has 1 unspecified atom stereocenters. The highest BCUT2D eigenvalue weighted by molar-refractivity contribution is 5.77. The molecule has 38 heavy (non-hydrogen) atoms. The summed E-state index contributed by atoms with van der Waals surface area (Å²) in [5, 5.41) is 0. The van der Waals surface area contributed by atoms with Crippen LogP contribution in [0.1, 0.15) is 92.1 Å². The van der Waals surface area contributed by atoms with Gasteiger partial charge in [0.15, 0.2) is 11.5 Å². The van der Waals surface area contributed by atoms with Crippen molar-refractivity contribution in [2.45, 2.75) is 117 Å². The summed E-state index contributed by atoms with van der Waals surface area (Å²) < 4.78 is 26.5. The van der Waals surface area contributed by atoms with Crippen LogP contribution in [0, 0.1) is 0 Å². The van der Waals surface area contributed by atoms with E-state index in [2.05, 4.69) is 0 Å². The maximum Gasteiger partial charge on any atom is 0.508 e. The van der Waals surface area contributed by atoms with Gasteiger partial charge < -0.3 is 29.4 Å². The van der Waals surface area contributed by atoms with E-state index < -0.39 is 42.3 Å². The fourth-order valence-electron chi connectivity index (χ4n) is 3.06. The topological polar surface area (TPSA) is 140 Å². The highest BCUT2D eigenvalue weighted by atomic mass is 16.7. The highest BCUT2D eigenvalue weighted by Crippen LogP contribution is 2.30. The van der Waals surface area contributed by atoms with Crippen molar-refractivity contribution >= 4 is 24.1 Å². The average Bonchev–Trinajstić information content (AvgIpc) is 2.87. The number of esters is 3. The fraction of sp³-hybridized carbons (Fsp3) is 0.643. The third-order valence-electron chi connectivity index (χ3n) is 5.80. The van der Waals surface area contributed by atoms with Gasteiger partial charge in [-0.05, 0) is 64.2 Å². The summed E-state index contributed by atoms with van der Waals surface area (Å²) >= 11 is 0. The molecule has 0 bridgehead atoms. The predicted molar refractivity (Wildman–Crippen MR) is 141 cm³/mol. The maximum atomic E-state index is 12.6. The Morgan fingerprint density at radius 2 is 1.34 bits per heavy atom. The van der Waals surface area contributed by atoms with Crippen LogP contribution in [0.25, 0.3) is 0 Å². The predicted octanol–water partition coefficient (Wildman–Crippen LogP) is 5.02. The summed E-state index contributed by atoms with van der Waals surface area (Å²) in [6.45, 7) is 10.7. The minimum atomic E-state index is -1.04. The van der Waals surface area contributed by atoms with Gasteiger partial charge in [-0.3, -0.25) is 14.4 Å². The summed E-state index contributed by atoms with van der Waals surface area (Å²) in [5.41, 5.74) is 6.65. The van der Waals surface area contributed by atoms with Crippen molar-refractivity contribution in [2.75, 3.05) is 0 Å². The average molecular weight is 538 g/mol. The van der Waals surface area contributed by atoms with Gasteiger partial charge in [-0.25, -0.2) is 4.79 Å². The Balaban J connectivity index is 2.86. The lowest BCUT2D eigenvalue weighted by molar-refractivity contribution is -0.155. The van der Waals surface area contributed by atoms with E-state index in [4.69, 9.17) is 29.4 Å². The van der Waals surface area contributed by atoms with Crippen LogP contribution >= 0.6 is 0 Å². The van der Waals surface area contributed by atoms with E-state index in [1.54, 1.807) is 26.8 Å². The molecule has 0 aromatic heterocycles. The van der Waals surface area contributed by atoms with Gasteiger partial charge in [-0.2, -0.15) is 0 Å². The van der Waals surface area contributed by atoms with E-state index in [1.807, 2.05) is 20.8 Å². The molecule has 0 aliphatic heterocycles. The second kappa shape index (κ2) is 17.4. The Kier molecular flexibility index (Phi) is 15.0. The lowest BCUT2D eigenvalue weighted by Gasteiger charge is -2.23. The Morgan fingerprint density at radius 1 is 0.789 bits per heavy atom. The van der Waals surface area contributed by atoms with Crippen LogP contribution in [0.4, 0.5) is 4.79 Å². The first-order valence-electron chi connectivity index (χ1n) is 13.4. The molecule has 10 heteroatoms. The summed E-state index contributed by atoms with van der Waals surface area (Å²) in [6, 6.07) is 3.64. The first-order chi connectivity index (χ1) is 18.0. The number of unbranched alkanes of at least 4 members (excludes halogenated alkanes) is 2. The van der Waals surface area contributed by atoms with Gasteiger partial charge in [0.1, 0.15) is 24.4 Å². The molecule has 1 aromatic rings. The van der Waals surface area contributed by atoms with Crippen molar-refractivity contribution in [3.63, 3.8) is 0 Å². The van der Waals surface area contributed by atoms with Gasteiger partial charge in [0.25, 0.3) is 0 Å². The SMILES string of the molecule is CCCCC(=O)Oc1ccc(C[C@H](N)C(=O)O[C@@H](C)[C@H](C)OC(=O)OC(C)CC)cc1OC(=O)CCCC. The first kappa shape index (κ1) is 32.9. The molecule has 0 aliphatic carbocycles. The molecule has 0 spiro atoms. The Labute approximate surface area is 225 Å².